The lowest BCUT2D eigenvalue weighted by Crippen LogP contribution is -2.38. The molecular weight excluding hydrogens is 283 g/mol. The van der Waals surface area contributed by atoms with Crippen molar-refractivity contribution >= 4 is 29.9 Å². The summed E-state index contributed by atoms with van der Waals surface area (Å²) in [5.41, 5.74) is 0.992. The second-order valence-electron chi connectivity index (χ2n) is 4.40. The van der Waals surface area contributed by atoms with Gasteiger partial charge in [-0.1, -0.05) is 36.7 Å². The molecule has 0 aliphatic rings. The minimum atomic E-state index is -0.0163. The van der Waals surface area contributed by atoms with Crippen molar-refractivity contribution in [1.29, 1.82) is 0 Å². The van der Waals surface area contributed by atoms with Crippen LogP contribution in [0.25, 0.3) is 0 Å². The van der Waals surface area contributed by atoms with Crippen LogP contribution in [0.4, 0.5) is 0 Å². The summed E-state index contributed by atoms with van der Waals surface area (Å²) in [5, 5.41) is 3.74. The SMILES string of the molecule is CCN(Cc1ccccc1Cl)C(=O)C(C)CNC.Cl. The molecule has 3 nitrogen and oxygen atoms in total. The first kappa shape index (κ1) is 18.2. The van der Waals surface area contributed by atoms with E-state index in [2.05, 4.69) is 5.32 Å². The molecule has 0 saturated carbocycles. The van der Waals surface area contributed by atoms with E-state index in [0.717, 1.165) is 5.56 Å². The van der Waals surface area contributed by atoms with E-state index in [1.807, 2.05) is 50.1 Å². The number of rotatable bonds is 6. The van der Waals surface area contributed by atoms with Gasteiger partial charge in [-0.05, 0) is 25.6 Å². The number of benzene rings is 1. The number of carbonyl (C=O) groups is 1. The van der Waals surface area contributed by atoms with E-state index in [4.69, 9.17) is 11.6 Å². The molecule has 0 aliphatic carbocycles. The van der Waals surface area contributed by atoms with Gasteiger partial charge >= 0.3 is 0 Å². The predicted octanol–water partition coefficient (Wildman–Crippen LogP) is 2.97. The van der Waals surface area contributed by atoms with Crippen molar-refractivity contribution < 1.29 is 4.79 Å². The molecule has 0 bridgehead atoms. The molecule has 0 fully saturated rings. The summed E-state index contributed by atoms with van der Waals surface area (Å²) in [4.78, 5) is 14.1. The topological polar surface area (TPSA) is 32.3 Å². The van der Waals surface area contributed by atoms with Crippen molar-refractivity contribution in [2.24, 2.45) is 5.92 Å². The molecule has 1 atom stereocenters. The highest BCUT2D eigenvalue weighted by Gasteiger charge is 2.19. The van der Waals surface area contributed by atoms with Gasteiger partial charge in [-0.15, -0.1) is 12.4 Å². The fourth-order valence-electron chi connectivity index (χ4n) is 1.88. The summed E-state index contributed by atoms with van der Waals surface area (Å²) >= 11 is 6.12. The highest BCUT2D eigenvalue weighted by molar-refractivity contribution is 6.31. The van der Waals surface area contributed by atoms with E-state index >= 15 is 0 Å². The minimum absolute atomic E-state index is 0. The Morgan fingerprint density at radius 2 is 2.05 bits per heavy atom. The van der Waals surface area contributed by atoms with Gasteiger partial charge in [-0.2, -0.15) is 0 Å². The third-order valence-corrected chi connectivity index (χ3v) is 3.31. The second-order valence-corrected chi connectivity index (χ2v) is 4.81. The van der Waals surface area contributed by atoms with Gasteiger partial charge in [0.2, 0.25) is 5.91 Å². The van der Waals surface area contributed by atoms with E-state index in [1.54, 1.807) is 0 Å². The molecule has 1 amide bonds. The standard InChI is InChI=1S/C14H21ClN2O.ClH/c1-4-17(14(18)11(2)9-16-3)10-12-7-5-6-8-13(12)15;/h5-8,11,16H,4,9-10H2,1-3H3;1H. The third kappa shape index (κ3) is 5.39. The normalized spacial score (nSPS) is 11.6. The number of nitrogens with zero attached hydrogens (tertiary/aromatic N) is 1. The van der Waals surface area contributed by atoms with E-state index < -0.39 is 0 Å². The first-order chi connectivity index (χ1) is 8.60. The van der Waals surface area contributed by atoms with Gasteiger partial charge in [0.1, 0.15) is 0 Å². The summed E-state index contributed by atoms with van der Waals surface area (Å²) in [5.74, 6) is 0.143. The van der Waals surface area contributed by atoms with Crippen LogP contribution in [0, 0.1) is 5.92 Å². The van der Waals surface area contributed by atoms with Gasteiger partial charge < -0.3 is 10.2 Å². The quantitative estimate of drug-likeness (QED) is 0.876. The van der Waals surface area contributed by atoms with Crippen molar-refractivity contribution in [2.45, 2.75) is 20.4 Å². The van der Waals surface area contributed by atoms with Gasteiger partial charge in [-0.25, -0.2) is 0 Å². The number of nitrogens with one attached hydrogen (secondary N) is 1. The van der Waals surface area contributed by atoms with E-state index in [-0.39, 0.29) is 24.2 Å². The lowest BCUT2D eigenvalue weighted by atomic mass is 10.1. The average molecular weight is 305 g/mol. The van der Waals surface area contributed by atoms with E-state index in [9.17, 15) is 4.79 Å². The first-order valence-corrected chi connectivity index (χ1v) is 6.64. The Labute approximate surface area is 126 Å². The van der Waals surface area contributed by atoms with E-state index in [0.29, 0.717) is 24.7 Å². The van der Waals surface area contributed by atoms with Crippen LogP contribution in [-0.2, 0) is 11.3 Å². The maximum Gasteiger partial charge on any atom is 0.226 e. The zero-order valence-electron chi connectivity index (χ0n) is 11.6. The highest BCUT2D eigenvalue weighted by atomic mass is 35.5. The maximum absolute atomic E-state index is 12.2. The molecule has 19 heavy (non-hydrogen) atoms. The van der Waals surface area contributed by atoms with Crippen LogP contribution >= 0.6 is 24.0 Å². The van der Waals surface area contributed by atoms with Crippen molar-refractivity contribution in [1.82, 2.24) is 10.2 Å². The molecule has 0 saturated heterocycles. The van der Waals surface area contributed by atoms with Crippen LogP contribution in [0.1, 0.15) is 19.4 Å². The number of hydrogen-bond donors (Lipinski definition) is 1. The molecule has 0 aliphatic heterocycles. The van der Waals surface area contributed by atoms with Crippen molar-refractivity contribution in [3.05, 3.63) is 34.9 Å². The molecular formula is C14H22Cl2N2O. The molecule has 0 spiro atoms. The highest BCUT2D eigenvalue weighted by Crippen LogP contribution is 2.17. The van der Waals surface area contributed by atoms with Crippen LogP contribution in [-0.4, -0.2) is 30.9 Å². The molecule has 1 aromatic rings. The summed E-state index contributed by atoms with van der Waals surface area (Å²) < 4.78 is 0. The summed E-state index contributed by atoms with van der Waals surface area (Å²) in [6.45, 7) is 5.88. The molecule has 1 unspecified atom stereocenters. The van der Waals surface area contributed by atoms with Gasteiger partial charge in [0.25, 0.3) is 0 Å². The summed E-state index contributed by atoms with van der Waals surface area (Å²) in [7, 11) is 1.86. The Morgan fingerprint density at radius 3 is 2.58 bits per heavy atom. The average Bonchev–Trinajstić information content (AvgIpc) is 2.37. The molecule has 1 aromatic carbocycles. The van der Waals surface area contributed by atoms with E-state index in [1.165, 1.54) is 0 Å². The lowest BCUT2D eigenvalue weighted by Gasteiger charge is -2.25. The monoisotopic (exact) mass is 304 g/mol. The van der Waals surface area contributed by atoms with Crippen LogP contribution in [0.2, 0.25) is 5.02 Å². The largest absolute Gasteiger partial charge is 0.338 e. The molecule has 0 radical (unpaired) electrons. The molecule has 1 N–H and O–H groups in total. The fourth-order valence-corrected chi connectivity index (χ4v) is 2.08. The van der Waals surface area contributed by atoms with Crippen molar-refractivity contribution in [2.75, 3.05) is 20.1 Å². The lowest BCUT2D eigenvalue weighted by molar-refractivity contribution is -0.135. The van der Waals surface area contributed by atoms with Crippen molar-refractivity contribution in [3.8, 4) is 0 Å². The van der Waals surface area contributed by atoms with Crippen LogP contribution in [0.5, 0.6) is 0 Å². The number of amides is 1. The van der Waals surface area contributed by atoms with Gasteiger partial charge in [0.15, 0.2) is 0 Å². The summed E-state index contributed by atoms with van der Waals surface area (Å²) in [6, 6.07) is 7.65. The third-order valence-electron chi connectivity index (χ3n) is 2.94. The molecule has 0 aromatic heterocycles. The fraction of sp³-hybridized carbons (Fsp3) is 0.500. The molecule has 0 heterocycles. The van der Waals surface area contributed by atoms with Crippen LogP contribution in [0.3, 0.4) is 0 Å². The summed E-state index contributed by atoms with van der Waals surface area (Å²) in [6.07, 6.45) is 0. The second kappa shape index (κ2) is 9.18. The Bertz CT molecular complexity index is 399. The van der Waals surface area contributed by atoms with Gasteiger partial charge in [-0.3, -0.25) is 4.79 Å². The van der Waals surface area contributed by atoms with Gasteiger partial charge in [0, 0.05) is 30.6 Å². The molecule has 1 rings (SSSR count). The molecule has 108 valence electrons. The number of halogens is 2. The Hall–Kier alpha value is -0.770. The predicted molar refractivity (Wildman–Crippen MR) is 82.9 cm³/mol. The first-order valence-electron chi connectivity index (χ1n) is 6.27. The van der Waals surface area contributed by atoms with Gasteiger partial charge in [0.05, 0.1) is 0 Å². The number of hydrogen-bond acceptors (Lipinski definition) is 2. The van der Waals surface area contributed by atoms with Crippen molar-refractivity contribution in [3.63, 3.8) is 0 Å². The number of carbonyl (C=O) groups excluding carboxylic acids is 1. The molecule has 5 heteroatoms. The maximum atomic E-state index is 12.2. The zero-order valence-corrected chi connectivity index (χ0v) is 13.2. The Morgan fingerprint density at radius 1 is 1.42 bits per heavy atom. The zero-order chi connectivity index (χ0) is 13.5. The Kier molecular flexibility index (Phi) is 8.81. The minimum Gasteiger partial charge on any atom is -0.338 e. The smallest absolute Gasteiger partial charge is 0.226 e. The van der Waals surface area contributed by atoms with Crippen LogP contribution in [0.15, 0.2) is 24.3 Å². The Balaban J connectivity index is 0.00000324. The van der Waals surface area contributed by atoms with Crippen LogP contribution < -0.4 is 5.32 Å².